The van der Waals surface area contributed by atoms with Crippen molar-refractivity contribution in [2.75, 3.05) is 26.2 Å². The number of rotatable bonds is 1. The van der Waals surface area contributed by atoms with Crippen molar-refractivity contribution >= 4 is 0 Å². The minimum absolute atomic E-state index is 0.242. The molecule has 100 valence electrons. The Morgan fingerprint density at radius 1 is 1.35 bits per heavy atom. The molecule has 17 heavy (non-hydrogen) atoms. The Hall–Kier alpha value is -0.120. The molecule has 2 fully saturated rings. The fourth-order valence-electron chi connectivity index (χ4n) is 3.03. The second kappa shape index (κ2) is 4.52. The molecule has 2 heterocycles. The van der Waals surface area contributed by atoms with Crippen LogP contribution < -0.4 is 5.32 Å². The summed E-state index contributed by atoms with van der Waals surface area (Å²) in [6, 6.07) is 0.584. The van der Waals surface area contributed by atoms with Gasteiger partial charge in [0.1, 0.15) is 0 Å². The van der Waals surface area contributed by atoms with E-state index < -0.39 is 0 Å². The molecule has 0 bridgehead atoms. The number of nitrogens with zero attached hydrogens (tertiary/aromatic N) is 1. The molecular formula is C14H28N2O. The Morgan fingerprint density at radius 3 is 2.59 bits per heavy atom. The Bertz CT molecular complexity index is 274. The summed E-state index contributed by atoms with van der Waals surface area (Å²) in [5, 5.41) is 3.66. The van der Waals surface area contributed by atoms with Crippen molar-refractivity contribution in [2.45, 2.75) is 58.7 Å². The highest BCUT2D eigenvalue weighted by atomic mass is 16.5. The molecule has 0 saturated carbocycles. The maximum atomic E-state index is 5.78. The molecule has 2 rings (SSSR count). The summed E-state index contributed by atoms with van der Waals surface area (Å²) in [5.74, 6) is 0. The lowest BCUT2D eigenvalue weighted by Crippen LogP contribution is -2.63. The van der Waals surface area contributed by atoms with Gasteiger partial charge in [0.25, 0.3) is 0 Å². The molecule has 0 amide bonds. The van der Waals surface area contributed by atoms with Crippen LogP contribution in [-0.4, -0.2) is 48.8 Å². The van der Waals surface area contributed by atoms with Crippen LogP contribution in [0.15, 0.2) is 0 Å². The molecule has 3 atom stereocenters. The summed E-state index contributed by atoms with van der Waals surface area (Å²) >= 11 is 0. The predicted octanol–water partition coefficient (Wildman–Crippen LogP) is 1.87. The van der Waals surface area contributed by atoms with Crippen molar-refractivity contribution in [3.8, 4) is 0 Å². The lowest BCUT2D eigenvalue weighted by Gasteiger charge is -2.48. The molecule has 2 saturated heterocycles. The first-order valence-electron chi connectivity index (χ1n) is 6.94. The van der Waals surface area contributed by atoms with Crippen molar-refractivity contribution in [3.05, 3.63) is 0 Å². The van der Waals surface area contributed by atoms with E-state index in [2.05, 4.69) is 44.8 Å². The number of nitrogens with one attached hydrogen (secondary N) is 1. The fraction of sp³-hybridized carbons (Fsp3) is 1.00. The van der Waals surface area contributed by atoms with Crippen LogP contribution in [0.3, 0.4) is 0 Å². The zero-order chi connectivity index (χ0) is 12.7. The number of piperazine rings is 1. The third kappa shape index (κ3) is 2.51. The molecule has 0 radical (unpaired) electrons. The van der Waals surface area contributed by atoms with Gasteiger partial charge in [-0.1, -0.05) is 20.8 Å². The smallest absolute Gasteiger partial charge is 0.0728 e. The Kier molecular flexibility index (Phi) is 3.54. The number of hydrogen-bond donors (Lipinski definition) is 1. The molecule has 3 heteroatoms. The van der Waals surface area contributed by atoms with Gasteiger partial charge >= 0.3 is 0 Å². The largest absolute Gasteiger partial charge is 0.377 e. The van der Waals surface area contributed by atoms with E-state index in [0.29, 0.717) is 17.6 Å². The van der Waals surface area contributed by atoms with Crippen LogP contribution in [0.25, 0.3) is 0 Å². The van der Waals surface area contributed by atoms with Crippen LogP contribution in [0.5, 0.6) is 0 Å². The highest BCUT2D eigenvalue weighted by molar-refractivity contribution is 5.00. The minimum atomic E-state index is 0.242. The fourth-order valence-corrected chi connectivity index (χ4v) is 3.03. The van der Waals surface area contributed by atoms with Crippen LogP contribution in [0.4, 0.5) is 0 Å². The third-order valence-electron chi connectivity index (χ3n) is 4.80. The molecule has 2 aliphatic rings. The standard InChI is InChI=1S/C14H28N2O/c1-11-14(5,6-9-17-11)16-8-7-15-12(10-16)13(2,3)4/h11-12,15H,6-10H2,1-5H3. The van der Waals surface area contributed by atoms with E-state index in [4.69, 9.17) is 4.74 Å². The predicted molar refractivity (Wildman–Crippen MR) is 71.3 cm³/mol. The lowest BCUT2D eigenvalue weighted by molar-refractivity contribution is -0.00613. The maximum absolute atomic E-state index is 5.78. The Labute approximate surface area is 106 Å². The van der Waals surface area contributed by atoms with E-state index in [-0.39, 0.29) is 5.54 Å². The van der Waals surface area contributed by atoms with E-state index in [1.807, 2.05) is 0 Å². The summed E-state index contributed by atoms with van der Waals surface area (Å²) in [6.45, 7) is 15.9. The van der Waals surface area contributed by atoms with Gasteiger partial charge in [0, 0.05) is 37.8 Å². The van der Waals surface area contributed by atoms with Gasteiger partial charge in [-0.15, -0.1) is 0 Å². The zero-order valence-corrected chi connectivity index (χ0v) is 12.0. The first kappa shape index (κ1) is 13.3. The van der Waals surface area contributed by atoms with Crippen molar-refractivity contribution < 1.29 is 4.74 Å². The maximum Gasteiger partial charge on any atom is 0.0728 e. The van der Waals surface area contributed by atoms with E-state index >= 15 is 0 Å². The van der Waals surface area contributed by atoms with Crippen LogP contribution in [-0.2, 0) is 4.74 Å². The molecule has 0 aromatic rings. The van der Waals surface area contributed by atoms with Gasteiger partial charge in [-0.3, -0.25) is 4.90 Å². The summed E-state index contributed by atoms with van der Waals surface area (Å²) in [7, 11) is 0. The topological polar surface area (TPSA) is 24.5 Å². The molecule has 1 N–H and O–H groups in total. The Morgan fingerprint density at radius 2 is 2.06 bits per heavy atom. The second-order valence-electron chi connectivity index (χ2n) is 6.94. The van der Waals surface area contributed by atoms with Crippen molar-refractivity contribution in [3.63, 3.8) is 0 Å². The molecule has 3 nitrogen and oxygen atoms in total. The number of hydrogen-bond acceptors (Lipinski definition) is 3. The first-order chi connectivity index (χ1) is 7.84. The summed E-state index contributed by atoms with van der Waals surface area (Å²) in [5.41, 5.74) is 0.573. The summed E-state index contributed by atoms with van der Waals surface area (Å²) in [6.07, 6.45) is 1.53. The van der Waals surface area contributed by atoms with Crippen molar-refractivity contribution in [2.24, 2.45) is 5.41 Å². The van der Waals surface area contributed by atoms with Gasteiger partial charge in [0.2, 0.25) is 0 Å². The van der Waals surface area contributed by atoms with Gasteiger partial charge in [0.15, 0.2) is 0 Å². The average molecular weight is 240 g/mol. The molecule has 0 spiro atoms. The third-order valence-corrected chi connectivity index (χ3v) is 4.80. The lowest BCUT2D eigenvalue weighted by atomic mass is 9.83. The van der Waals surface area contributed by atoms with Gasteiger partial charge in [-0.05, 0) is 25.7 Å². The highest BCUT2D eigenvalue weighted by Crippen LogP contribution is 2.34. The number of ether oxygens (including phenoxy) is 1. The van der Waals surface area contributed by atoms with Gasteiger partial charge in [-0.2, -0.15) is 0 Å². The summed E-state index contributed by atoms with van der Waals surface area (Å²) in [4.78, 5) is 2.65. The van der Waals surface area contributed by atoms with Gasteiger partial charge in [-0.25, -0.2) is 0 Å². The molecule has 2 aliphatic heterocycles. The van der Waals surface area contributed by atoms with E-state index in [9.17, 15) is 0 Å². The van der Waals surface area contributed by atoms with Crippen LogP contribution in [0.2, 0.25) is 0 Å². The average Bonchev–Trinajstić information content (AvgIpc) is 2.60. The molecule has 0 aliphatic carbocycles. The van der Waals surface area contributed by atoms with Crippen LogP contribution >= 0.6 is 0 Å². The highest BCUT2D eigenvalue weighted by Gasteiger charge is 2.44. The SMILES string of the molecule is CC1OCCC1(C)N1CCNC(C(C)(C)C)C1. The van der Waals surface area contributed by atoms with Crippen LogP contribution in [0, 0.1) is 5.41 Å². The van der Waals surface area contributed by atoms with E-state index in [1.54, 1.807) is 0 Å². The van der Waals surface area contributed by atoms with Gasteiger partial charge < -0.3 is 10.1 Å². The first-order valence-corrected chi connectivity index (χ1v) is 6.94. The zero-order valence-electron chi connectivity index (χ0n) is 12.0. The van der Waals surface area contributed by atoms with Crippen LogP contribution in [0.1, 0.15) is 41.0 Å². The van der Waals surface area contributed by atoms with E-state index in [0.717, 1.165) is 26.2 Å². The Balaban J connectivity index is 2.07. The molecule has 0 aromatic carbocycles. The molecule has 3 unspecified atom stereocenters. The van der Waals surface area contributed by atoms with Crippen molar-refractivity contribution in [1.82, 2.24) is 10.2 Å². The quantitative estimate of drug-likeness (QED) is 0.757. The minimum Gasteiger partial charge on any atom is -0.377 e. The molecule has 0 aromatic heterocycles. The van der Waals surface area contributed by atoms with E-state index in [1.165, 1.54) is 6.42 Å². The monoisotopic (exact) mass is 240 g/mol. The second-order valence-corrected chi connectivity index (χ2v) is 6.94. The molecular weight excluding hydrogens is 212 g/mol. The van der Waals surface area contributed by atoms with Gasteiger partial charge in [0.05, 0.1) is 6.10 Å². The summed E-state index contributed by atoms with van der Waals surface area (Å²) < 4.78 is 5.78. The van der Waals surface area contributed by atoms with Crippen molar-refractivity contribution in [1.29, 1.82) is 0 Å². The normalized spacial score (nSPS) is 40.8.